The van der Waals surface area contributed by atoms with E-state index in [2.05, 4.69) is 0 Å². The Morgan fingerprint density at radius 1 is 0.889 bits per heavy atom. The topological polar surface area (TPSA) is 88.1 Å². The number of esters is 3. The van der Waals surface area contributed by atoms with Crippen molar-refractivity contribution in [3.8, 4) is 0 Å². The molecule has 0 aliphatic carbocycles. The number of hydrogen-bond acceptors (Lipinski definition) is 7. The fourth-order valence-electron chi connectivity index (χ4n) is 1.65. The highest BCUT2D eigenvalue weighted by Gasteiger charge is 2.37. The molecule has 1 heterocycles. The summed E-state index contributed by atoms with van der Waals surface area (Å²) in [5.41, 5.74) is 0. The van der Waals surface area contributed by atoms with Crippen LogP contribution < -0.4 is 0 Å². The molecule has 0 aromatic heterocycles. The molecular weight excluding hydrogens is 244 g/mol. The standard InChI is InChI=1S/C11H16O7/c1-6(12)16-9-4-11(18-8(3)14)15-5-10(9)17-7(2)13/h9-11H,4-5H2,1-3H3/t9-,10+,11+/m0/s1. The second kappa shape index (κ2) is 6.34. The lowest BCUT2D eigenvalue weighted by Gasteiger charge is -2.34. The van der Waals surface area contributed by atoms with Crippen molar-refractivity contribution >= 4 is 17.9 Å². The van der Waals surface area contributed by atoms with Gasteiger partial charge in [-0.3, -0.25) is 14.4 Å². The van der Waals surface area contributed by atoms with Gasteiger partial charge >= 0.3 is 17.9 Å². The zero-order valence-corrected chi connectivity index (χ0v) is 10.5. The monoisotopic (exact) mass is 260 g/mol. The predicted molar refractivity (Wildman–Crippen MR) is 57.2 cm³/mol. The second-order valence-electron chi connectivity index (χ2n) is 3.90. The van der Waals surface area contributed by atoms with E-state index in [0.29, 0.717) is 0 Å². The molecule has 0 amide bonds. The zero-order valence-electron chi connectivity index (χ0n) is 10.5. The SMILES string of the molecule is CC(=O)O[C@@H]1C[C@H](OC(C)=O)[C@H](OC(C)=O)CO1. The van der Waals surface area contributed by atoms with E-state index < -0.39 is 36.4 Å². The molecule has 18 heavy (non-hydrogen) atoms. The van der Waals surface area contributed by atoms with Crippen LogP contribution in [0, 0.1) is 0 Å². The van der Waals surface area contributed by atoms with Gasteiger partial charge in [0.15, 0.2) is 6.10 Å². The average Bonchev–Trinajstić information content (AvgIpc) is 2.19. The van der Waals surface area contributed by atoms with Gasteiger partial charge in [-0.25, -0.2) is 0 Å². The van der Waals surface area contributed by atoms with Gasteiger partial charge < -0.3 is 18.9 Å². The molecule has 7 heteroatoms. The quantitative estimate of drug-likeness (QED) is 0.527. The van der Waals surface area contributed by atoms with Gasteiger partial charge in [0.05, 0.1) is 13.0 Å². The molecule has 0 spiro atoms. The van der Waals surface area contributed by atoms with Crippen LogP contribution in [-0.4, -0.2) is 43.0 Å². The van der Waals surface area contributed by atoms with E-state index in [0.717, 1.165) is 0 Å². The minimum atomic E-state index is -0.793. The van der Waals surface area contributed by atoms with Gasteiger partial charge in [-0.15, -0.1) is 0 Å². The van der Waals surface area contributed by atoms with E-state index in [-0.39, 0.29) is 13.0 Å². The summed E-state index contributed by atoms with van der Waals surface area (Å²) in [4.78, 5) is 32.7. The average molecular weight is 260 g/mol. The van der Waals surface area contributed by atoms with Crippen LogP contribution in [0.2, 0.25) is 0 Å². The van der Waals surface area contributed by atoms with Gasteiger partial charge in [0, 0.05) is 20.8 Å². The summed E-state index contributed by atoms with van der Waals surface area (Å²) in [6, 6.07) is 0. The van der Waals surface area contributed by atoms with Crippen LogP contribution >= 0.6 is 0 Å². The maximum absolute atomic E-state index is 11.0. The Kier molecular flexibility index (Phi) is 5.08. The van der Waals surface area contributed by atoms with Gasteiger partial charge in [-0.1, -0.05) is 0 Å². The van der Waals surface area contributed by atoms with Crippen molar-refractivity contribution in [2.45, 2.75) is 45.7 Å². The third-order valence-corrected chi connectivity index (χ3v) is 2.22. The summed E-state index contributed by atoms with van der Waals surface area (Å²) >= 11 is 0. The first-order valence-electron chi connectivity index (χ1n) is 5.51. The number of carbonyl (C=O) groups excluding carboxylic acids is 3. The van der Waals surface area contributed by atoms with E-state index in [9.17, 15) is 14.4 Å². The van der Waals surface area contributed by atoms with Gasteiger partial charge in [-0.05, 0) is 0 Å². The highest BCUT2D eigenvalue weighted by atomic mass is 16.7. The van der Waals surface area contributed by atoms with E-state index in [1.54, 1.807) is 0 Å². The lowest BCUT2D eigenvalue weighted by Crippen LogP contribution is -2.46. The molecule has 0 aromatic rings. The van der Waals surface area contributed by atoms with Gasteiger partial charge in [0.25, 0.3) is 0 Å². The molecule has 1 aliphatic heterocycles. The molecule has 0 unspecified atom stereocenters. The minimum Gasteiger partial charge on any atom is -0.458 e. The van der Waals surface area contributed by atoms with Crippen molar-refractivity contribution < 1.29 is 33.3 Å². The van der Waals surface area contributed by atoms with Crippen molar-refractivity contribution in [3.63, 3.8) is 0 Å². The Hall–Kier alpha value is -1.63. The van der Waals surface area contributed by atoms with Crippen LogP contribution in [0.25, 0.3) is 0 Å². The highest BCUT2D eigenvalue weighted by Crippen LogP contribution is 2.21. The Bertz CT molecular complexity index is 338. The van der Waals surface area contributed by atoms with E-state index in [1.807, 2.05) is 0 Å². The predicted octanol–water partition coefficient (Wildman–Crippen LogP) is 0.159. The fraction of sp³-hybridized carbons (Fsp3) is 0.727. The van der Waals surface area contributed by atoms with Crippen molar-refractivity contribution in [3.05, 3.63) is 0 Å². The summed E-state index contributed by atoms with van der Waals surface area (Å²) in [7, 11) is 0. The molecule has 7 nitrogen and oxygen atoms in total. The number of hydrogen-bond donors (Lipinski definition) is 0. The summed E-state index contributed by atoms with van der Waals surface area (Å²) in [5, 5.41) is 0. The Morgan fingerprint density at radius 2 is 1.39 bits per heavy atom. The summed E-state index contributed by atoms with van der Waals surface area (Å²) < 4.78 is 20.1. The Labute approximate surface area is 104 Å². The largest absolute Gasteiger partial charge is 0.458 e. The molecule has 0 N–H and O–H groups in total. The van der Waals surface area contributed by atoms with Crippen LogP contribution in [0.5, 0.6) is 0 Å². The van der Waals surface area contributed by atoms with Crippen molar-refractivity contribution in [2.24, 2.45) is 0 Å². The first-order valence-corrected chi connectivity index (χ1v) is 5.51. The summed E-state index contributed by atoms with van der Waals surface area (Å²) in [5.74, 6) is -1.49. The normalized spacial score (nSPS) is 27.2. The van der Waals surface area contributed by atoms with Gasteiger partial charge in [0.2, 0.25) is 6.29 Å². The lowest BCUT2D eigenvalue weighted by molar-refractivity contribution is -0.228. The molecule has 1 fully saturated rings. The molecule has 102 valence electrons. The van der Waals surface area contributed by atoms with E-state index in [1.165, 1.54) is 20.8 Å². The van der Waals surface area contributed by atoms with Gasteiger partial charge in [-0.2, -0.15) is 0 Å². The van der Waals surface area contributed by atoms with Crippen LogP contribution in [0.1, 0.15) is 27.2 Å². The Morgan fingerprint density at radius 3 is 1.89 bits per heavy atom. The molecule has 3 atom stereocenters. The lowest BCUT2D eigenvalue weighted by atomic mass is 10.1. The molecule has 1 saturated heterocycles. The molecule has 0 saturated carbocycles. The molecule has 1 aliphatic rings. The van der Waals surface area contributed by atoms with E-state index in [4.69, 9.17) is 18.9 Å². The molecule has 0 aromatic carbocycles. The van der Waals surface area contributed by atoms with Crippen molar-refractivity contribution in [2.75, 3.05) is 6.61 Å². The van der Waals surface area contributed by atoms with Crippen LogP contribution in [0.4, 0.5) is 0 Å². The van der Waals surface area contributed by atoms with E-state index >= 15 is 0 Å². The fourth-order valence-corrected chi connectivity index (χ4v) is 1.65. The number of ether oxygens (including phenoxy) is 4. The van der Waals surface area contributed by atoms with Crippen LogP contribution in [-0.2, 0) is 33.3 Å². The molecule has 0 radical (unpaired) electrons. The first-order chi connectivity index (χ1) is 8.38. The third-order valence-electron chi connectivity index (χ3n) is 2.22. The summed E-state index contributed by atoms with van der Waals surface area (Å²) in [6.45, 7) is 3.77. The molecule has 0 bridgehead atoms. The second-order valence-corrected chi connectivity index (χ2v) is 3.90. The Balaban J connectivity index is 2.62. The maximum Gasteiger partial charge on any atom is 0.304 e. The molecule has 1 rings (SSSR count). The third kappa shape index (κ3) is 4.70. The van der Waals surface area contributed by atoms with Crippen molar-refractivity contribution in [1.29, 1.82) is 0 Å². The highest BCUT2D eigenvalue weighted by molar-refractivity contribution is 5.67. The molecular formula is C11H16O7. The van der Waals surface area contributed by atoms with Crippen molar-refractivity contribution in [1.82, 2.24) is 0 Å². The van der Waals surface area contributed by atoms with Crippen LogP contribution in [0.15, 0.2) is 0 Å². The first kappa shape index (κ1) is 14.4. The van der Waals surface area contributed by atoms with Gasteiger partial charge in [0.1, 0.15) is 6.10 Å². The summed E-state index contributed by atoms with van der Waals surface area (Å²) in [6.07, 6.45) is -2.02. The zero-order chi connectivity index (χ0) is 13.7. The number of carbonyl (C=O) groups is 3. The maximum atomic E-state index is 11.0. The minimum absolute atomic E-state index is 0.00940. The smallest absolute Gasteiger partial charge is 0.304 e. The number of rotatable bonds is 3. The van der Waals surface area contributed by atoms with Crippen LogP contribution in [0.3, 0.4) is 0 Å².